The van der Waals surface area contributed by atoms with E-state index in [-0.39, 0.29) is 42.8 Å². The van der Waals surface area contributed by atoms with Crippen molar-refractivity contribution in [2.75, 3.05) is 19.8 Å². The lowest BCUT2D eigenvalue weighted by Crippen LogP contribution is -2.53. The predicted molar refractivity (Wildman–Crippen MR) is 232 cm³/mol. The van der Waals surface area contributed by atoms with Crippen LogP contribution in [0.15, 0.2) is 58.4 Å². The van der Waals surface area contributed by atoms with Gasteiger partial charge >= 0.3 is 12.1 Å². The molecule has 1 aliphatic carbocycles. The molecule has 0 spiro atoms. The first kappa shape index (κ1) is 46.9. The highest BCUT2D eigenvalue weighted by molar-refractivity contribution is 7.90. The zero-order chi connectivity index (χ0) is 45.7. The zero-order valence-corrected chi connectivity index (χ0v) is 37.2. The number of guanidine groups is 1. The summed E-state index contributed by atoms with van der Waals surface area (Å²) in [6, 6.07) is 12.3. The maximum atomic E-state index is 13.5. The van der Waals surface area contributed by atoms with Crippen molar-refractivity contribution in [2.24, 2.45) is 22.4 Å². The van der Waals surface area contributed by atoms with E-state index in [0.717, 1.165) is 33.4 Å². The Bertz CT molecular complexity index is 2330. The molecule has 4 amide bonds. The second kappa shape index (κ2) is 19.3. The Morgan fingerprint density at radius 2 is 1.48 bits per heavy atom. The maximum Gasteiger partial charge on any atom is 0.407 e. The van der Waals surface area contributed by atoms with Gasteiger partial charge in [-0.05, 0) is 99.2 Å². The summed E-state index contributed by atoms with van der Waals surface area (Å²) in [6.45, 7) is 13.2. The number of amides is 4. The smallest absolute Gasteiger partial charge is 0.407 e. The first-order valence-corrected chi connectivity index (χ1v) is 21.9. The van der Waals surface area contributed by atoms with Crippen LogP contribution in [0.3, 0.4) is 0 Å². The largest absolute Gasteiger partial charge is 0.487 e. The van der Waals surface area contributed by atoms with Crippen molar-refractivity contribution in [1.82, 2.24) is 20.7 Å². The highest BCUT2D eigenvalue weighted by Gasteiger charge is 2.37. The van der Waals surface area contributed by atoms with E-state index in [1.54, 1.807) is 27.7 Å². The lowest BCUT2D eigenvalue weighted by atomic mass is 9.94. The number of benzene rings is 3. The molecule has 3 atom stereocenters. The van der Waals surface area contributed by atoms with Crippen LogP contribution in [0.1, 0.15) is 86.8 Å². The molecule has 1 heterocycles. The molecule has 0 saturated carbocycles. The summed E-state index contributed by atoms with van der Waals surface area (Å²) in [4.78, 5) is 67.9. The van der Waals surface area contributed by atoms with Gasteiger partial charge in [-0.3, -0.25) is 19.4 Å². The van der Waals surface area contributed by atoms with Crippen molar-refractivity contribution >= 4 is 45.8 Å². The number of hydrogen-bond donors (Lipinski definition) is 6. The summed E-state index contributed by atoms with van der Waals surface area (Å²) in [5.41, 5.74) is 17.8. The van der Waals surface area contributed by atoms with Crippen LogP contribution in [0.2, 0.25) is 0 Å². The summed E-state index contributed by atoms with van der Waals surface area (Å²) >= 11 is 0. The third kappa shape index (κ3) is 10.8. The number of ether oxygens (including phenoxy) is 3. The normalized spacial score (nSPS) is 15.5. The van der Waals surface area contributed by atoms with Crippen LogP contribution in [-0.2, 0) is 45.1 Å². The molecule has 5 rings (SSSR count). The van der Waals surface area contributed by atoms with Crippen molar-refractivity contribution in [3.63, 3.8) is 0 Å². The van der Waals surface area contributed by atoms with Gasteiger partial charge in [0.1, 0.15) is 36.1 Å². The summed E-state index contributed by atoms with van der Waals surface area (Å²) in [7, 11) is -4.12. The minimum Gasteiger partial charge on any atom is -0.487 e. The van der Waals surface area contributed by atoms with E-state index in [9.17, 15) is 32.4 Å². The quantitative estimate of drug-likeness (QED) is 0.0496. The zero-order valence-electron chi connectivity index (χ0n) is 36.3. The van der Waals surface area contributed by atoms with Crippen LogP contribution in [0.25, 0.3) is 11.1 Å². The van der Waals surface area contributed by atoms with E-state index < -0.39 is 76.1 Å². The number of primary amides is 1. The average Bonchev–Trinajstić information content (AvgIpc) is 3.71. The van der Waals surface area contributed by atoms with Gasteiger partial charge < -0.3 is 41.6 Å². The molecule has 2 aliphatic rings. The fourth-order valence-corrected chi connectivity index (χ4v) is 9.34. The number of rotatable bonds is 17. The van der Waals surface area contributed by atoms with Crippen molar-refractivity contribution in [1.29, 1.82) is 0 Å². The van der Waals surface area contributed by atoms with Crippen molar-refractivity contribution in [3.8, 4) is 16.9 Å². The Hall–Kier alpha value is -6.17. The second-order valence-corrected chi connectivity index (χ2v) is 18.2. The van der Waals surface area contributed by atoms with Crippen LogP contribution in [0, 0.1) is 26.7 Å². The fraction of sp³-hybridized carbons (Fsp3) is 0.455. The monoisotopic (exact) mass is 875 g/mol. The van der Waals surface area contributed by atoms with Gasteiger partial charge in [-0.2, -0.15) is 0 Å². The third-order valence-electron chi connectivity index (χ3n) is 11.0. The summed E-state index contributed by atoms with van der Waals surface area (Å²) in [5.74, 6) is -3.56. The molecule has 0 radical (unpaired) electrons. The highest BCUT2D eigenvalue weighted by atomic mass is 32.2. The van der Waals surface area contributed by atoms with E-state index in [0.29, 0.717) is 23.3 Å². The topological polar surface area (TPSA) is 260 Å². The van der Waals surface area contributed by atoms with Gasteiger partial charge in [0, 0.05) is 24.4 Å². The first-order valence-electron chi connectivity index (χ1n) is 20.4. The number of carbonyl (C=O) groups excluding carboxylic acids is 5. The predicted octanol–water partition coefficient (Wildman–Crippen LogP) is 3.28. The van der Waals surface area contributed by atoms with Crippen molar-refractivity contribution in [3.05, 3.63) is 81.9 Å². The van der Waals surface area contributed by atoms with Gasteiger partial charge in [0.2, 0.25) is 17.8 Å². The highest BCUT2D eigenvalue weighted by Crippen LogP contribution is 2.45. The van der Waals surface area contributed by atoms with Crippen molar-refractivity contribution < 1.29 is 46.6 Å². The van der Waals surface area contributed by atoms with E-state index in [4.69, 9.17) is 25.7 Å². The average molecular weight is 876 g/mol. The van der Waals surface area contributed by atoms with Gasteiger partial charge in [0.15, 0.2) is 6.61 Å². The fourth-order valence-electron chi connectivity index (χ4n) is 7.81. The maximum absolute atomic E-state index is 13.5. The standard InChI is InChI=1S/C44H57N7O10S/c1-23(2)36(50-43(56)60-21-33-30-16-11-9-14-28(30)29-15-10-12-17-31(29)33)40(54)48-27(6)41(55)59-22-35(52)49-34(39(45)53)18-13-19-47-42(46)51-62(57,58)38-25(4)24(3)37-32(26(38)5)20-44(7,8)61-37/h9-12,14-17,23,27,33-34,36H,13,18-22H2,1-8H3,(H2,45,53)(H,48,54)(H,49,52)(H,50,56)(H3,46,47,51)/t27-,34-,36-/m0/s1. The lowest BCUT2D eigenvalue weighted by molar-refractivity contribution is -0.151. The van der Waals surface area contributed by atoms with E-state index in [2.05, 4.69) is 25.7 Å². The molecular weight excluding hydrogens is 819 g/mol. The minimum atomic E-state index is -4.12. The molecule has 0 fully saturated rings. The molecule has 17 nitrogen and oxygen atoms in total. The van der Waals surface area contributed by atoms with Gasteiger partial charge in [0.25, 0.3) is 15.9 Å². The molecule has 62 heavy (non-hydrogen) atoms. The van der Waals surface area contributed by atoms with Crippen LogP contribution in [-0.4, -0.2) is 87.6 Å². The summed E-state index contributed by atoms with van der Waals surface area (Å²) < 4.78 is 46.0. The lowest BCUT2D eigenvalue weighted by Gasteiger charge is -2.24. The Balaban J connectivity index is 1.05. The van der Waals surface area contributed by atoms with Gasteiger partial charge in [0.05, 0.1) is 4.90 Å². The molecule has 0 saturated heterocycles. The first-order chi connectivity index (χ1) is 29.1. The van der Waals surface area contributed by atoms with Gasteiger partial charge in [-0.25, -0.2) is 22.7 Å². The van der Waals surface area contributed by atoms with Gasteiger partial charge in [-0.15, -0.1) is 0 Å². The molecular formula is C44H57N7O10S. The number of fused-ring (bicyclic) bond motifs is 4. The molecule has 18 heteroatoms. The number of nitrogens with zero attached hydrogens (tertiary/aromatic N) is 1. The molecule has 3 aromatic carbocycles. The molecule has 334 valence electrons. The Morgan fingerprint density at radius 1 is 0.871 bits per heavy atom. The SMILES string of the molecule is Cc1c(C)c(S(=O)(=O)NC(N)=NCCC[C@H](NC(=O)COC(=O)[C@H](C)NC(=O)[C@@H](NC(=O)OCC2c3ccccc3-c3ccccc32)C(C)C)C(N)=O)c(C)c2c1OC(C)(C)C2. The number of alkyl carbamates (subject to hydrolysis) is 1. The Morgan fingerprint density at radius 3 is 2.08 bits per heavy atom. The molecule has 0 aromatic heterocycles. The number of esters is 1. The van der Waals surface area contributed by atoms with E-state index in [1.807, 2.05) is 69.3 Å². The number of carbonyl (C=O) groups is 5. The minimum absolute atomic E-state index is 0.0102. The third-order valence-corrected chi connectivity index (χ3v) is 12.7. The van der Waals surface area contributed by atoms with Crippen LogP contribution in [0.5, 0.6) is 5.75 Å². The van der Waals surface area contributed by atoms with Crippen molar-refractivity contribution in [2.45, 2.75) is 109 Å². The number of nitrogens with one attached hydrogen (secondary N) is 4. The van der Waals surface area contributed by atoms with E-state index >= 15 is 0 Å². The number of sulfonamides is 1. The molecule has 1 aliphatic heterocycles. The Labute approximate surface area is 362 Å². The summed E-state index contributed by atoms with van der Waals surface area (Å²) in [6.07, 6.45) is -0.0773. The van der Waals surface area contributed by atoms with Crippen LogP contribution in [0.4, 0.5) is 4.79 Å². The number of nitrogens with two attached hydrogens (primary N) is 2. The molecule has 0 unspecified atom stereocenters. The van der Waals surface area contributed by atoms with Gasteiger partial charge in [-0.1, -0.05) is 62.4 Å². The summed E-state index contributed by atoms with van der Waals surface area (Å²) in [5, 5.41) is 7.49. The second-order valence-electron chi connectivity index (χ2n) is 16.6. The van der Waals surface area contributed by atoms with Crippen LogP contribution < -0.4 is 36.9 Å². The molecule has 0 bridgehead atoms. The van der Waals surface area contributed by atoms with E-state index in [1.165, 1.54) is 6.92 Å². The van der Waals surface area contributed by atoms with Crippen LogP contribution >= 0.6 is 0 Å². The molecule has 8 N–H and O–H groups in total. The number of hydrogen-bond acceptors (Lipinski definition) is 11. The molecule has 3 aromatic rings. The Kier molecular flexibility index (Phi) is 14.6. The number of aliphatic imine (C=N–C) groups is 1.